The molecule has 0 aromatic heterocycles. The summed E-state index contributed by atoms with van der Waals surface area (Å²) in [5.41, 5.74) is 2.41. The molecule has 2 unspecified atom stereocenters. The van der Waals surface area contributed by atoms with Crippen LogP contribution >= 0.6 is 34.2 Å². The third-order valence-electron chi connectivity index (χ3n) is 7.76. The second kappa shape index (κ2) is 12.8. The van der Waals surface area contributed by atoms with Crippen LogP contribution in [0.25, 0.3) is 0 Å². The van der Waals surface area contributed by atoms with Gasteiger partial charge in [-0.25, -0.2) is 8.42 Å². The van der Waals surface area contributed by atoms with Crippen molar-refractivity contribution in [2.45, 2.75) is 56.5 Å². The van der Waals surface area contributed by atoms with Gasteiger partial charge in [-0.1, -0.05) is 35.9 Å². The molecule has 2 aliphatic heterocycles. The van der Waals surface area contributed by atoms with E-state index in [-0.39, 0.29) is 22.9 Å². The third kappa shape index (κ3) is 6.68. The Kier molecular flexibility index (Phi) is 9.33. The first-order valence-electron chi connectivity index (χ1n) is 14.0. The van der Waals surface area contributed by atoms with Crippen LogP contribution in [0, 0.1) is 17.4 Å². The number of nitrogens with zero attached hydrogens (tertiary/aromatic N) is 2. The largest absolute Gasteiger partial charge is 0.344 e. The molecular weight excluding hydrogens is 703 g/mol. The van der Waals surface area contributed by atoms with E-state index in [1.54, 1.807) is 49.1 Å². The molecule has 226 valence electrons. The molecule has 0 spiro atoms. The number of hydrogen-bond acceptors (Lipinski definition) is 5. The number of carbonyl (C=O) groups excluding carboxylic acids is 3. The molecule has 2 atom stereocenters. The van der Waals surface area contributed by atoms with Gasteiger partial charge in [0.1, 0.15) is 12.1 Å². The zero-order chi connectivity index (χ0) is 30.9. The van der Waals surface area contributed by atoms with Crippen LogP contribution in [0.15, 0.2) is 65.6 Å². The number of benzene rings is 3. The second-order valence-corrected chi connectivity index (χ2v) is 14.3. The molecule has 2 aliphatic rings. The van der Waals surface area contributed by atoms with Crippen molar-refractivity contribution in [2.24, 2.45) is 0 Å². The van der Waals surface area contributed by atoms with Gasteiger partial charge in [0.05, 0.1) is 22.7 Å². The van der Waals surface area contributed by atoms with Crippen molar-refractivity contribution in [1.82, 2.24) is 10.2 Å². The van der Waals surface area contributed by atoms with Crippen LogP contribution in [-0.4, -0.2) is 56.2 Å². The number of carbonyl (C=O) groups is 3. The Labute approximate surface area is 270 Å². The van der Waals surface area contributed by atoms with Crippen molar-refractivity contribution >= 4 is 73.3 Å². The SMILES string of the molecule is Cc1cc(S(=O)(=O)N2c3ccccc3NC(=O)C2CC(=O)NC(Cc2ccc(I)cc2)C(=O)N2CCCC2)c(C)cc1Cl. The van der Waals surface area contributed by atoms with Crippen LogP contribution in [0.5, 0.6) is 0 Å². The summed E-state index contributed by atoms with van der Waals surface area (Å²) in [5, 5.41) is 6.01. The number of likely N-dealkylation sites (tertiary alicyclic amines) is 1. The van der Waals surface area contributed by atoms with E-state index in [2.05, 4.69) is 33.2 Å². The number of hydrogen-bond donors (Lipinski definition) is 2. The average molecular weight is 735 g/mol. The fourth-order valence-corrected chi connectivity index (χ4v) is 8.02. The highest BCUT2D eigenvalue weighted by atomic mass is 127. The lowest BCUT2D eigenvalue weighted by Gasteiger charge is -2.37. The lowest BCUT2D eigenvalue weighted by atomic mass is 10.0. The standard InChI is InChI=1S/C31H32ClIN4O5S/c1-19-16-28(20(2)15-23(19)32)43(41,42)37-26-8-4-3-7-24(26)35-30(39)27(37)18-29(38)34-25(31(40)36-13-5-6-14-36)17-21-9-11-22(33)12-10-21/h3-4,7-12,15-16,25,27H,5-6,13-14,17-18H2,1-2H3,(H,34,38)(H,35,39). The number of fused-ring (bicyclic) bond motifs is 1. The fourth-order valence-electron chi connectivity index (χ4n) is 5.52. The third-order valence-corrected chi connectivity index (χ3v) is 10.9. The highest BCUT2D eigenvalue weighted by Crippen LogP contribution is 2.38. The normalized spacial score (nSPS) is 17.3. The van der Waals surface area contributed by atoms with Crippen molar-refractivity contribution < 1.29 is 22.8 Å². The number of para-hydroxylation sites is 2. The fraction of sp³-hybridized carbons (Fsp3) is 0.323. The number of nitrogens with one attached hydrogen (secondary N) is 2. The molecule has 2 heterocycles. The summed E-state index contributed by atoms with van der Waals surface area (Å²) in [6, 6.07) is 15.0. The molecule has 1 saturated heterocycles. The van der Waals surface area contributed by atoms with Crippen molar-refractivity contribution in [3.8, 4) is 0 Å². The van der Waals surface area contributed by atoms with Gasteiger partial charge in [-0.05, 0) is 102 Å². The van der Waals surface area contributed by atoms with Crippen molar-refractivity contribution in [3.63, 3.8) is 0 Å². The van der Waals surface area contributed by atoms with E-state index in [1.165, 1.54) is 6.07 Å². The first kappa shape index (κ1) is 31.3. The first-order chi connectivity index (χ1) is 20.5. The molecule has 1 fully saturated rings. The van der Waals surface area contributed by atoms with Crippen molar-refractivity contribution in [1.29, 1.82) is 0 Å². The predicted octanol–water partition coefficient (Wildman–Crippen LogP) is 4.82. The topological polar surface area (TPSA) is 116 Å². The Morgan fingerprint density at radius 1 is 1.05 bits per heavy atom. The van der Waals surface area contributed by atoms with Gasteiger partial charge in [0, 0.05) is 28.1 Å². The molecule has 0 saturated carbocycles. The molecule has 0 bridgehead atoms. The molecule has 5 rings (SSSR count). The van der Waals surface area contributed by atoms with Gasteiger partial charge in [-0.3, -0.25) is 18.7 Å². The predicted molar refractivity (Wildman–Crippen MR) is 175 cm³/mol. The maximum Gasteiger partial charge on any atom is 0.265 e. The summed E-state index contributed by atoms with van der Waals surface area (Å²) < 4.78 is 30.6. The minimum Gasteiger partial charge on any atom is -0.344 e. The zero-order valence-corrected chi connectivity index (χ0v) is 27.5. The number of amides is 3. The van der Waals surface area contributed by atoms with Gasteiger partial charge >= 0.3 is 0 Å². The van der Waals surface area contributed by atoms with Crippen LogP contribution in [0.2, 0.25) is 5.02 Å². The molecule has 3 amide bonds. The molecule has 43 heavy (non-hydrogen) atoms. The zero-order valence-electron chi connectivity index (χ0n) is 23.8. The molecule has 2 N–H and O–H groups in total. The molecule has 3 aromatic rings. The van der Waals surface area contributed by atoms with Crippen LogP contribution < -0.4 is 14.9 Å². The van der Waals surface area contributed by atoms with E-state index < -0.39 is 40.3 Å². The Hall–Kier alpha value is -3.16. The molecule has 0 radical (unpaired) electrons. The maximum atomic E-state index is 14.3. The van der Waals surface area contributed by atoms with E-state index in [4.69, 9.17) is 11.6 Å². The Bertz CT molecular complexity index is 1680. The monoisotopic (exact) mass is 734 g/mol. The first-order valence-corrected chi connectivity index (χ1v) is 16.9. The van der Waals surface area contributed by atoms with Crippen LogP contribution in [0.3, 0.4) is 0 Å². The minimum absolute atomic E-state index is 0.00916. The quantitative estimate of drug-likeness (QED) is 0.323. The van der Waals surface area contributed by atoms with Gasteiger partial charge in [-0.15, -0.1) is 0 Å². The number of sulfonamides is 1. The Morgan fingerprint density at radius 2 is 1.72 bits per heavy atom. The van der Waals surface area contributed by atoms with Crippen LogP contribution in [0.1, 0.15) is 36.0 Å². The second-order valence-electron chi connectivity index (χ2n) is 10.9. The summed E-state index contributed by atoms with van der Waals surface area (Å²) in [6.45, 7) is 4.57. The number of halogens is 2. The van der Waals surface area contributed by atoms with Gasteiger partial charge in [0.2, 0.25) is 17.7 Å². The number of anilines is 2. The lowest BCUT2D eigenvalue weighted by molar-refractivity contribution is -0.135. The van der Waals surface area contributed by atoms with E-state index >= 15 is 0 Å². The maximum absolute atomic E-state index is 14.3. The minimum atomic E-state index is -4.33. The van der Waals surface area contributed by atoms with Crippen LogP contribution in [-0.2, 0) is 30.8 Å². The van der Waals surface area contributed by atoms with Crippen molar-refractivity contribution in [3.05, 3.63) is 85.9 Å². The summed E-state index contributed by atoms with van der Waals surface area (Å²) in [5.74, 6) is -1.44. The average Bonchev–Trinajstić information content (AvgIpc) is 3.51. The molecule has 9 nitrogen and oxygen atoms in total. The smallest absolute Gasteiger partial charge is 0.265 e. The lowest BCUT2D eigenvalue weighted by Crippen LogP contribution is -2.55. The molecule has 3 aromatic carbocycles. The van der Waals surface area contributed by atoms with Gasteiger partial charge in [-0.2, -0.15) is 0 Å². The van der Waals surface area contributed by atoms with Gasteiger partial charge in [0.25, 0.3) is 10.0 Å². The summed E-state index contributed by atoms with van der Waals surface area (Å²) in [7, 11) is -4.33. The Balaban J connectivity index is 1.47. The van der Waals surface area contributed by atoms with Crippen molar-refractivity contribution in [2.75, 3.05) is 22.7 Å². The highest BCUT2D eigenvalue weighted by Gasteiger charge is 2.43. The van der Waals surface area contributed by atoms with E-state index in [9.17, 15) is 22.8 Å². The van der Waals surface area contributed by atoms with E-state index in [0.717, 1.165) is 26.3 Å². The summed E-state index contributed by atoms with van der Waals surface area (Å²) in [4.78, 5) is 42.3. The summed E-state index contributed by atoms with van der Waals surface area (Å²) >= 11 is 8.46. The molecule has 12 heteroatoms. The highest BCUT2D eigenvalue weighted by molar-refractivity contribution is 14.1. The van der Waals surface area contributed by atoms with E-state index in [1.807, 2.05) is 24.3 Å². The van der Waals surface area contributed by atoms with E-state index in [0.29, 0.717) is 34.9 Å². The number of aryl methyl sites for hydroxylation is 2. The summed E-state index contributed by atoms with van der Waals surface area (Å²) in [6.07, 6.45) is 1.58. The van der Waals surface area contributed by atoms with Gasteiger partial charge in [0.15, 0.2) is 0 Å². The molecular formula is C31H32ClIN4O5S. The van der Waals surface area contributed by atoms with Crippen LogP contribution in [0.4, 0.5) is 11.4 Å². The molecule has 0 aliphatic carbocycles. The number of rotatable bonds is 8. The van der Waals surface area contributed by atoms with Gasteiger partial charge < -0.3 is 15.5 Å². The Morgan fingerprint density at radius 3 is 2.42 bits per heavy atom.